The zero-order valence-corrected chi connectivity index (χ0v) is 27.2. The fourth-order valence-corrected chi connectivity index (χ4v) is 5.86. The van der Waals surface area contributed by atoms with E-state index in [2.05, 4.69) is 114 Å². The minimum absolute atomic E-state index is 0.615. The number of hydrogen-bond acceptors (Lipinski definition) is 4. The summed E-state index contributed by atoms with van der Waals surface area (Å²) < 4.78 is 6.42. The van der Waals surface area contributed by atoms with E-state index < -0.39 is 0 Å². The van der Waals surface area contributed by atoms with Gasteiger partial charge >= 0.3 is 0 Å². The van der Waals surface area contributed by atoms with Gasteiger partial charge in [0.25, 0.3) is 0 Å². The number of nitrogens with zero attached hydrogens (tertiary/aromatic N) is 5. The van der Waals surface area contributed by atoms with Crippen LogP contribution in [0.1, 0.15) is 25.2 Å². The lowest BCUT2D eigenvalue weighted by Crippen LogP contribution is -2.25. The average Bonchev–Trinajstić information content (AvgIpc) is 3.56. The van der Waals surface area contributed by atoms with Gasteiger partial charge in [-0.15, -0.1) is 0 Å². The summed E-state index contributed by atoms with van der Waals surface area (Å²) in [6.07, 6.45) is 5.95. The highest BCUT2D eigenvalue weighted by Gasteiger charge is 2.15. The normalized spacial score (nSPS) is 11.3. The lowest BCUT2D eigenvalue weighted by Gasteiger charge is -2.18. The van der Waals surface area contributed by atoms with Crippen molar-refractivity contribution in [2.45, 2.75) is 26.7 Å². The maximum atomic E-state index is 5.74. The third-order valence-corrected chi connectivity index (χ3v) is 8.40. The summed E-state index contributed by atoms with van der Waals surface area (Å²) in [6.45, 7) is 8.26. The molecule has 6 rings (SSSR count). The van der Waals surface area contributed by atoms with Gasteiger partial charge in [0.1, 0.15) is 11.3 Å². The Morgan fingerprint density at radius 2 is 1.12 bits per heavy atom. The number of halogens is 2. The van der Waals surface area contributed by atoms with Crippen LogP contribution < -0.4 is 5.73 Å². The number of benzene rings is 2. The molecule has 0 saturated carbocycles. The number of hydrogen-bond donors (Lipinski definition) is 1. The van der Waals surface area contributed by atoms with Gasteiger partial charge in [-0.05, 0) is 43.9 Å². The molecule has 0 aliphatic heterocycles. The van der Waals surface area contributed by atoms with E-state index in [4.69, 9.17) is 15.7 Å². The molecule has 6 nitrogen and oxygen atoms in total. The second kappa shape index (κ2) is 14.2. The molecule has 0 amide bonds. The van der Waals surface area contributed by atoms with Crippen molar-refractivity contribution in [1.29, 1.82) is 0 Å². The molecule has 4 heterocycles. The van der Waals surface area contributed by atoms with Crippen LogP contribution in [0.4, 0.5) is 0 Å². The molecule has 2 N–H and O–H groups in total. The Morgan fingerprint density at radius 3 is 1.55 bits per heavy atom. The molecule has 8 heteroatoms. The molecule has 0 radical (unpaired) electrons. The van der Waals surface area contributed by atoms with E-state index in [1.807, 2.05) is 42.6 Å². The molecule has 0 bridgehead atoms. The zero-order valence-electron chi connectivity index (χ0n) is 24.0. The molecule has 2 aromatic carbocycles. The van der Waals surface area contributed by atoms with Gasteiger partial charge in [0.05, 0.1) is 22.8 Å². The van der Waals surface area contributed by atoms with Gasteiger partial charge < -0.3 is 19.4 Å². The fourth-order valence-electron chi connectivity index (χ4n) is 5.21. The molecule has 0 spiro atoms. The SMILES string of the molecule is CCN(CC)CCc1c(-c2ccccc2)nc2cc(Br)ccn12.NCCc1c(-c2ccccc2)nc2cc(Br)ccn12. The van der Waals surface area contributed by atoms with Gasteiger partial charge in [0, 0.05) is 51.9 Å². The van der Waals surface area contributed by atoms with Crippen molar-refractivity contribution in [2.75, 3.05) is 26.2 Å². The molecule has 42 heavy (non-hydrogen) atoms. The highest BCUT2D eigenvalue weighted by atomic mass is 79.9. The Labute approximate surface area is 264 Å². The monoisotopic (exact) mass is 686 g/mol. The Balaban J connectivity index is 0.000000171. The van der Waals surface area contributed by atoms with Crippen molar-refractivity contribution in [2.24, 2.45) is 5.73 Å². The number of fused-ring (bicyclic) bond motifs is 2. The van der Waals surface area contributed by atoms with E-state index in [9.17, 15) is 0 Å². The van der Waals surface area contributed by atoms with Crippen LogP contribution in [0.5, 0.6) is 0 Å². The summed E-state index contributed by atoms with van der Waals surface area (Å²) in [5.41, 5.74) is 14.5. The molecular weight excluding hydrogens is 652 g/mol. The highest BCUT2D eigenvalue weighted by molar-refractivity contribution is 9.10. The maximum absolute atomic E-state index is 5.74. The van der Waals surface area contributed by atoms with Crippen LogP contribution in [0.15, 0.2) is 106 Å². The van der Waals surface area contributed by atoms with Gasteiger partial charge in [-0.25, -0.2) is 9.97 Å². The lowest BCUT2D eigenvalue weighted by molar-refractivity contribution is 0.307. The van der Waals surface area contributed by atoms with E-state index in [-0.39, 0.29) is 0 Å². The van der Waals surface area contributed by atoms with Gasteiger partial charge in [0.2, 0.25) is 0 Å². The molecule has 4 aromatic heterocycles. The predicted molar refractivity (Wildman–Crippen MR) is 181 cm³/mol. The zero-order chi connectivity index (χ0) is 29.5. The standard InChI is InChI=1S/C19H22BrN3.C15H14BrN3/c1-3-22(4-2)12-11-17-19(15-8-6-5-7-9-15)21-18-14-16(20)10-13-23(17)18;16-12-7-9-19-13(6-8-17)15(18-14(19)10-12)11-4-2-1-3-5-11/h5-10,13-14H,3-4,11-12H2,1-2H3;1-5,7,9-10H,6,8,17H2. The molecule has 216 valence electrons. The van der Waals surface area contributed by atoms with Gasteiger partial charge in [-0.2, -0.15) is 0 Å². The largest absolute Gasteiger partial charge is 0.330 e. The first-order valence-electron chi connectivity index (χ1n) is 14.4. The third kappa shape index (κ3) is 6.84. The Hall–Kier alpha value is -3.30. The topological polar surface area (TPSA) is 63.9 Å². The van der Waals surface area contributed by atoms with Crippen LogP contribution >= 0.6 is 31.9 Å². The van der Waals surface area contributed by atoms with Crippen molar-refractivity contribution in [3.8, 4) is 22.5 Å². The predicted octanol–water partition coefficient (Wildman–Crippen LogP) is 7.91. The average molecular weight is 689 g/mol. The summed E-state index contributed by atoms with van der Waals surface area (Å²) in [4.78, 5) is 12.1. The minimum Gasteiger partial charge on any atom is -0.330 e. The summed E-state index contributed by atoms with van der Waals surface area (Å²) in [6, 6.07) is 28.9. The number of rotatable bonds is 9. The molecule has 0 atom stereocenters. The van der Waals surface area contributed by atoms with E-state index in [1.54, 1.807) is 0 Å². The van der Waals surface area contributed by atoms with Gasteiger partial charge in [-0.1, -0.05) is 106 Å². The van der Waals surface area contributed by atoms with Crippen molar-refractivity contribution >= 4 is 43.2 Å². The van der Waals surface area contributed by atoms with Crippen LogP contribution in [-0.2, 0) is 12.8 Å². The van der Waals surface area contributed by atoms with E-state index in [0.717, 1.165) is 75.4 Å². The van der Waals surface area contributed by atoms with Crippen LogP contribution in [0.2, 0.25) is 0 Å². The first kappa shape index (κ1) is 30.2. The lowest BCUT2D eigenvalue weighted by atomic mass is 10.1. The highest BCUT2D eigenvalue weighted by Crippen LogP contribution is 2.27. The molecule has 0 aliphatic carbocycles. The van der Waals surface area contributed by atoms with Gasteiger partial charge in [-0.3, -0.25) is 0 Å². The number of aromatic nitrogens is 4. The summed E-state index contributed by atoms with van der Waals surface area (Å²) in [7, 11) is 0. The molecule has 0 aliphatic rings. The molecule has 0 saturated heterocycles. The second-order valence-corrected chi connectivity index (χ2v) is 11.8. The maximum Gasteiger partial charge on any atom is 0.138 e. The molecule has 6 aromatic rings. The Morgan fingerprint density at radius 1 is 0.667 bits per heavy atom. The molecule has 0 unspecified atom stereocenters. The quantitative estimate of drug-likeness (QED) is 0.168. The summed E-state index contributed by atoms with van der Waals surface area (Å²) >= 11 is 7.03. The van der Waals surface area contributed by atoms with Crippen molar-refractivity contribution in [3.05, 3.63) is 118 Å². The minimum atomic E-state index is 0.615. The van der Waals surface area contributed by atoms with E-state index in [1.165, 1.54) is 11.3 Å². The molecule has 0 fully saturated rings. The first-order chi connectivity index (χ1) is 20.5. The van der Waals surface area contributed by atoms with Crippen molar-refractivity contribution in [1.82, 2.24) is 23.7 Å². The second-order valence-electron chi connectivity index (χ2n) is 10.0. The number of imidazole rings is 2. The Kier molecular flexibility index (Phi) is 10.2. The van der Waals surface area contributed by atoms with Crippen molar-refractivity contribution in [3.63, 3.8) is 0 Å². The van der Waals surface area contributed by atoms with E-state index >= 15 is 0 Å². The summed E-state index contributed by atoms with van der Waals surface area (Å²) in [5.74, 6) is 0. The third-order valence-electron chi connectivity index (χ3n) is 7.41. The first-order valence-corrected chi connectivity index (χ1v) is 16.0. The van der Waals surface area contributed by atoms with Crippen LogP contribution in [0.25, 0.3) is 33.8 Å². The number of pyridine rings is 2. The smallest absolute Gasteiger partial charge is 0.138 e. The molecular formula is C34H36Br2N6. The van der Waals surface area contributed by atoms with Crippen LogP contribution in [-0.4, -0.2) is 49.8 Å². The van der Waals surface area contributed by atoms with Crippen LogP contribution in [0, 0.1) is 0 Å². The van der Waals surface area contributed by atoms with Crippen molar-refractivity contribution < 1.29 is 0 Å². The van der Waals surface area contributed by atoms with E-state index in [0.29, 0.717) is 6.54 Å². The number of likely N-dealkylation sites (N-methyl/N-ethyl adjacent to an activating group) is 1. The summed E-state index contributed by atoms with van der Waals surface area (Å²) in [5, 5.41) is 0. The Bertz CT molecular complexity index is 1740. The number of nitrogens with two attached hydrogens (primary N) is 1. The van der Waals surface area contributed by atoms with Gasteiger partial charge in [0.15, 0.2) is 0 Å². The van der Waals surface area contributed by atoms with Crippen LogP contribution in [0.3, 0.4) is 0 Å². The fraction of sp³-hybridized carbons (Fsp3) is 0.235.